The summed E-state index contributed by atoms with van der Waals surface area (Å²) in [6, 6.07) is -0.0863. The molecule has 3 N–H and O–H groups in total. The van der Waals surface area contributed by atoms with E-state index in [1.54, 1.807) is 11.3 Å². The first-order valence-corrected chi connectivity index (χ1v) is 7.14. The lowest BCUT2D eigenvalue weighted by atomic mass is 9.98. The number of hydrogen-bond donors (Lipinski definition) is 2. The van der Waals surface area contributed by atoms with Crippen molar-refractivity contribution in [2.24, 2.45) is 5.73 Å². The summed E-state index contributed by atoms with van der Waals surface area (Å²) >= 11 is 1.68. The topological polar surface area (TPSA) is 68.0 Å². The van der Waals surface area contributed by atoms with Crippen molar-refractivity contribution in [1.82, 2.24) is 10.3 Å². The van der Waals surface area contributed by atoms with Crippen molar-refractivity contribution in [3.05, 3.63) is 16.1 Å². The Balaban J connectivity index is 0.00000324. The lowest BCUT2D eigenvalue weighted by molar-refractivity contribution is -0.121. The van der Waals surface area contributed by atoms with Gasteiger partial charge in [0.05, 0.1) is 10.7 Å². The standard InChI is InChI=1S/C13H23N3OS.ClH/c1-9(14)7-11(17)15-6-5-10-8-18-12(16-10)13(2,3)4;/h8-9H,5-7,14H2,1-4H3,(H,15,17);1H. The minimum Gasteiger partial charge on any atom is -0.356 e. The van der Waals surface area contributed by atoms with Crippen molar-refractivity contribution in [1.29, 1.82) is 0 Å². The van der Waals surface area contributed by atoms with Crippen molar-refractivity contribution in [3.8, 4) is 0 Å². The van der Waals surface area contributed by atoms with Crippen molar-refractivity contribution >= 4 is 29.7 Å². The van der Waals surface area contributed by atoms with Crippen LogP contribution < -0.4 is 11.1 Å². The molecule has 1 amide bonds. The van der Waals surface area contributed by atoms with Crippen LogP contribution in [0.15, 0.2) is 5.38 Å². The zero-order chi connectivity index (χ0) is 13.8. The molecule has 110 valence electrons. The summed E-state index contributed by atoms with van der Waals surface area (Å²) in [5.74, 6) is 0.0104. The third-order valence-corrected chi connectivity index (χ3v) is 3.72. The third-order valence-electron chi connectivity index (χ3n) is 2.40. The second-order valence-corrected chi connectivity index (χ2v) is 6.53. The molecule has 6 heteroatoms. The number of nitrogens with zero attached hydrogens (tertiary/aromatic N) is 1. The summed E-state index contributed by atoms with van der Waals surface area (Å²) in [5, 5.41) is 6.06. The van der Waals surface area contributed by atoms with E-state index in [0.717, 1.165) is 17.1 Å². The second-order valence-electron chi connectivity index (χ2n) is 5.68. The molecule has 1 unspecified atom stereocenters. The first-order valence-electron chi connectivity index (χ1n) is 6.26. The Morgan fingerprint density at radius 1 is 1.53 bits per heavy atom. The van der Waals surface area contributed by atoms with Gasteiger partial charge in [-0.05, 0) is 6.92 Å². The molecule has 0 aliphatic heterocycles. The predicted molar refractivity (Wildman–Crippen MR) is 83.0 cm³/mol. The molecule has 0 aliphatic carbocycles. The molecule has 0 fully saturated rings. The van der Waals surface area contributed by atoms with E-state index in [4.69, 9.17) is 5.73 Å². The number of nitrogens with two attached hydrogens (primary N) is 1. The van der Waals surface area contributed by atoms with Crippen LogP contribution in [0.5, 0.6) is 0 Å². The van der Waals surface area contributed by atoms with Crippen molar-refractivity contribution in [2.75, 3.05) is 6.54 Å². The van der Waals surface area contributed by atoms with Gasteiger partial charge in [0.2, 0.25) is 5.91 Å². The molecule has 1 heterocycles. The number of hydrogen-bond acceptors (Lipinski definition) is 4. The zero-order valence-electron chi connectivity index (χ0n) is 12.0. The van der Waals surface area contributed by atoms with Crippen LogP contribution >= 0.6 is 23.7 Å². The van der Waals surface area contributed by atoms with Crippen LogP contribution in [0.1, 0.15) is 44.8 Å². The molecule has 4 nitrogen and oxygen atoms in total. The normalized spacial score (nSPS) is 12.7. The molecule has 0 aromatic carbocycles. The molecular formula is C13H24ClN3OS. The fourth-order valence-corrected chi connectivity index (χ4v) is 2.40. The maximum Gasteiger partial charge on any atom is 0.221 e. The van der Waals surface area contributed by atoms with Gasteiger partial charge in [0, 0.05) is 36.2 Å². The van der Waals surface area contributed by atoms with Gasteiger partial charge in [0.1, 0.15) is 0 Å². The molecule has 0 saturated heterocycles. The Morgan fingerprint density at radius 3 is 2.63 bits per heavy atom. The number of carbonyl (C=O) groups is 1. The Bertz CT molecular complexity index is 399. The van der Waals surface area contributed by atoms with E-state index in [1.807, 2.05) is 6.92 Å². The highest BCUT2D eigenvalue weighted by atomic mass is 35.5. The Hall–Kier alpha value is -0.650. The number of carbonyl (C=O) groups excluding carboxylic acids is 1. The van der Waals surface area contributed by atoms with Crippen molar-refractivity contribution in [3.63, 3.8) is 0 Å². The summed E-state index contributed by atoms with van der Waals surface area (Å²) < 4.78 is 0. The second kappa shape index (κ2) is 7.82. The van der Waals surface area contributed by atoms with E-state index >= 15 is 0 Å². The lowest BCUT2D eigenvalue weighted by Crippen LogP contribution is -2.31. The quantitative estimate of drug-likeness (QED) is 0.877. The van der Waals surface area contributed by atoms with Crippen LogP contribution in [-0.4, -0.2) is 23.5 Å². The van der Waals surface area contributed by atoms with Gasteiger partial charge in [-0.15, -0.1) is 23.7 Å². The van der Waals surface area contributed by atoms with Gasteiger partial charge in [0.25, 0.3) is 0 Å². The van der Waals surface area contributed by atoms with E-state index in [-0.39, 0.29) is 29.8 Å². The molecule has 19 heavy (non-hydrogen) atoms. The minimum absolute atomic E-state index is 0. The Labute approximate surface area is 125 Å². The van der Waals surface area contributed by atoms with E-state index in [2.05, 4.69) is 36.5 Å². The van der Waals surface area contributed by atoms with Crippen molar-refractivity contribution in [2.45, 2.75) is 52.0 Å². The summed E-state index contributed by atoms with van der Waals surface area (Å²) in [7, 11) is 0. The SMILES string of the molecule is CC(N)CC(=O)NCCc1csc(C(C)(C)C)n1.Cl. The smallest absolute Gasteiger partial charge is 0.221 e. The Kier molecular flexibility index (Phi) is 7.55. The molecule has 0 radical (unpaired) electrons. The zero-order valence-corrected chi connectivity index (χ0v) is 13.7. The van der Waals surface area contributed by atoms with E-state index in [1.165, 1.54) is 0 Å². The van der Waals surface area contributed by atoms with Gasteiger partial charge in [-0.1, -0.05) is 20.8 Å². The lowest BCUT2D eigenvalue weighted by Gasteiger charge is -2.13. The third kappa shape index (κ3) is 6.89. The minimum atomic E-state index is -0.0863. The van der Waals surface area contributed by atoms with E-state index < -0.39 is 0 Å². The van der Waals surface area contributed by atoms with Gasteiger partial charge in [-0.25, -0.2) is 4.98 Å². The number of amides is 1. The van der Waals surface area contributed by atoms with Crippen LogP contribution in [0.4, 0.5) is 0 Å². The first-order chi connectivity index (χ1) is 8.29. The molecular weight excluding hydrogens is 282 g/mol. The average molecular weight is 306 g/mol. The molecule has 0 spiro atoms. The summed E-state index contributed by atoms with van der Waals surface area (Å²) in [4.78, 5) is 16.0. The van der Waals surface area contributed by atoms with Crippen LogP contribution in [0.3, 0.4) is 0 Å². The average Bonchev–Trinajstić information content (AvgIpc) is 2.64. The molecule has 1 rings (SSSR count). The summed E-state index contributed by atoms with van der Waals surface area (Å²) in [6.07, 6.45) is 1.15. The number of thiazole rings is 1. The fourth-order valence-electron chi connectivity index (χ4n) is 1.46. The summed E-state index contributed by atoms with van der Waals surface area (Å²) in [5.41, 5.74) is 6.70. The highest BCUT2D eigenvalue weighted by Crippen LogP contribution is 2.25. The van der Waals surface area contributed by atoms with Gasteiger partial charge in [0.15, 0.2) is 0 Å². The fraction of sp³-hybridized carbons (Fsp3) is 0.692. The highest BCUT2D eigenvalue weighted by molar-refractivity contribution is 7.09. The maximum atomic E-state index is 11.4. The largest absolute Gasteiger partial charge is 0.356 e. The monoisotopic (exact) mass is 305 g/mol. The molecule has 1 aromatic heterocycles. The molecule has 1 atom stereocenters. The van der Waals surface area contributed by atoms with Gasteiger partial charge in [-0.2, -0.15) is 0 Å². The maximum absolute atomic E-state index is 11.4. The molecule has 0 saturated carbocycles. The van der Waals surface area contributed by atoms with E-state index in [0.29, 0.717) is 13.0 Å². The molecule has 1 aromatic rings. The van der Waals surface area contributed by atoms with Crippen LogP contribution in [0, 0.1) is 0 Å². The first kappa shape index (κ1) is 18.4. The van der Waals surface area contributed by atoms with Gasteiger partial charge >= 0.3 is 0 Å². The number of aromatic nitrogens is 1. The van der Waals surface area contributed by atoms with Crippen molar-refractivity contribution < 1.29 is 4.79 Å². The predicted octanol–water partition coefficient (Wildman–Crippen LogP) is 2.26. The Morgan fingerprint density at radius 2 is 2.16 bits per heavy atom. The highest BCUT2D eigenvalue weighted by Gasteiger charge is 2.17. The van der Waals surface area contributed by atoms with E-state index in [9.17, 15) is 4.79 Å². The molecule has 0 aliphatic rings. The van der Waals surface area contributed by atoms with Crippen LogP contribution in [-0.2, 0) is 16.6 Å². The van der Waals surface area contributed by atoms with Crippen LogP contribution in [0.25, 0.3) is 0 Å². The number of nitrogens with one attached hydrogen (secondary N) is 1. The van der Waals surface area contributed by atoms with Gasteiger partial charge in [-0.3, -0.25) is 4.79 Å². The summed E-state index contributed by atoms with van der Waals surface area (Å²) in [6.45, 7) is 8.91. The van der Waals surface area contributed by atoms with Gasteiger partial charge < -0.3 is 11.1 Å². The number of rotatable bonds is 5. The molecule has 0 bridgehead atoms. The van der Waals surface area contributed by atoms with Crippen LogP contribution in [0.2, 0.25) is 0 Å². The number of halogens is 1.